The number of rotatable bonds is 6. The molecule has 1 saturated heterocycles. The first-order chi connectivity index (χ1) is 18.2. The van der Waals surface area contributed by atoms with Crippen molar-refractivity contribution < 1.29 is 22.7 Å². The predicted octanol–water partition coefficient (Wildman–Crippen LogP) is 5.05. The predicted molar refractivity (Wildman–Crippen MR) is 147 cm³/mol. The average molecular weight is 540 g/mol. The summed E-state index contributed by atoms with van der Waals surface area (Å²) in [5.41, 5.74) is 7.30. The van der Waals surface area contributed by atoms with E-state index in [9.17, 15) is 18.0 Å². The van der Waals surface area contributed by atoms with Gasteiger partial charge in [0.05, 0.1) is 24.5 Å². The second-order valence-corrected chi connectivity index (χ2v) is 9.71. The maximum Gasteiger partial charge on any atom is 0.433 e. The normalized spacial score (nSPS) is 14.9. The van der Waals surface area contributed by atoms with E-state index in [1.807, 2.05) is 26.8 Å². The van der Waals surface area contributed by atoms with Crippen LogP contribution < -0.4 is 11.1 Å². The molecule has 0 aliphatic carbocycles. The van der Waals surface area contributed by atoms with Gasteiger partial charge in [-0.25, -0.2) is 4.99 Å². The van der Waals surface area contributed by atoms with Crippen LogP contribution in [0.4, 0.5) is 18.9 Å². The van der Waals surface area contributed by atoms with E-state index in [4.69, 9.17) is 15.5 Å². The molecule has 39 heavy (non-hydrogen) atoms. The van der Waals surface area contributed by atoms with Crippen LogP contribution in [0.25, 0.3) is 5.57 Å². The lowest BCUT2D eigenvalue weighted by atomic mass is 10.0. The number of nitrogens with one attached hydrogen (secondary N) is 1. The molecule has 3 N–H and O–H groups in total. The van der Waals surface area contributed by atoms with Gasteiger partial charge in [0.2, 0.25) is 0 Å². The molecule has 2 heterocycles. The Morgan fingerprint density at radius 1 is 1.23 bits per heavy atom. The molecule has 10 heteroatoms. The number of nitrogens with zero attached hydrogens (tertiary/aromatic N) is 3. The van der Waals surface area contributed by atoms with Crippen molar-refractivity contribution in [3.05, 3.63) is 77.4 Å². The quantitative estimate of drug-likeness (QED) is 0.305. The molecule has 7 nitrogen and oxygen atoms in total. The number of halogens is 3. The van der Waals surface area contributed by atoms with E-state index in [1.165, 1.54) is 6.07 Å². The van der Waals surface area contributed by atoms with Gasteiger partial charge in [-0.1, -0.05) is 18.6 Å². The SMILES string of the molecule is C=C(/C=C(\N=C(/C)C#CC(C)(C)N)N1CCOCC1)c1cc(NC(=O)c2ccnc(C(F)(F)F)c2)ccc1C. The Labute approximate surface area is 226 Å². The van der Waals surface area contributed by atoms with Gasteiger partial charge < -0.3 is 20.7 Å². The molecule has 0 spiro atoms. The minimum Gasteiger partial charge on any atom is -0.378 e. The van der Waals surface area contributed by atoms with Crippen molar-refractivity contribution in [3.63, 3.8) is 0 Å². The van der Waals surface area contributed by atoms with Crippen LogP contribution >= 0.6 is 0 Å². The van der Waals surface area contributed by atoms with E-state index in [1.54, 1.807) is 25.1 Å². The number of carbonyl (C=O) groups is 1. The fourth-order valence-electron chi connectivity index (χ4n) is 3.65. The molecular weight excluding hydrogens is 507 g/mol. The Hall–Kier alpha value is -3.94. The lowest BCUT2D eigenvalue weighted by Crippen LogP contribution is -2.35. The third kappa shape index (κ3) is 8.80. The molecule has 0 unspecified atom stereocenters. The zero-order valence-corrected chi connectivity index (χ0v) is 22.4. The molecular formula is C29H32F3N5O2. The van der Waals surface area contributed by atoms with Crippen LogP contribution in [0.2, 0.25) is 0 Å². The van der Waals surface area contributed by atoms with Crippen LogP contribution in [-0.4, -0.2) is 53.3 Å². The number of carbonyl (C=O) groups excluding carboxylic acids is 1. The van der Waals surface area contributed by atoms with Gasteiger partial charge in [0.25, 0.3) is 5.91 Å². The Kier molecular flexibility index (Phi) is 9.32. The molecule has 1 aromatic carbocycles. The molecule has 206 valence electrons. The highest BCUT2D eigenvalue weighted by molar-refractivity contribution is 6.04. The van der Waals surface area contributed by atoms with Gasteiger partial charge in [-0.15, -0.1) is 0 Å². The number of aryl methyl sites for hydroxylation is 1. The van der Waals surface area contributed by atoms with E-state index >= 15 is 0 Å². The van der Waals surface area contributed by atoms with Crippen LogP contribution in [0.1, 0.15) is 48.0 Å². The van der Waals surface area contributed by atoms with E-state index in [0.29, 0.717) is 49.1 Å². The number of morpholine rings is 1. The Bertz CT molecular complexity index is 1360. The summed E-state index contributed by atoms with van der Waals surface area (Å²) in [5.74, 6) is 5.95. The summed E-state index contributed by atoms with van der Waals surface area (Å²) in [6.45, 7) is 14.0. The second kappa shape index (κ2) is 12.3. The third-order valence-corrected chi connectivity index (χ3v) is 5.64. The standard InChI is InChI=1S/C29H32F3N5O2/c1-19-6-7-23(36-27(38)22-9-11-34-25(17-22)29(30,31)32)18-24(19)20(2)16-26(37-12-14-39-15-13-37)35-21(3)8-10-28(4,5)33/h6-7,9,11,16-18H,2,12-15,33H2,1,3-5H3,(H,36,38)/b26-16+,35-21+. The van der Waals surface area contributed by atoms with Crippen LogP contribution in [-0.2, 0) is 10.9 Å². The number of aliphatic imine (C=N–C) groups is 1. The summed E-state index contributed by atoms with van der Waals surface area (Å²) in [4.78, 5) is 22.8. The summed E-state index contributed by atoms with van der Waals surface area (Å²) >= 11 is 0. The molecule has 1 aliphatic rings. The van der Waals surface area contributed by atoms with Gasteiger partial charge in [-0.3, -0.25) is 9.78 Å². The molecule has 1 aliphatic heterocycles. The van der Waals surface area contributed by atoms with Gasteiger partial charge in [0, 0.05) is 30.5 Å². The number of anilines is 1. The van der Waals surface area contributed by atoms with Gasteiger partial charge in [0.1, 0.15) is 11.5 Å². The number of benzene rings is 1. The third-order valence-electron chi connectivity index (χ3n) is 5.64. The minimum atomic E-state index is -4.65. The van der Waals surface area contributed by atoms with Gasteiger partial charge >= 0.3 is 6.18 Å². The van der Waals surface area contributed by atoms with Gasteiger partial charge in [-0.05, 0) is 80.7 Å². The number of ether oxygens (including phenoxy) is 1. The molecule has 3 rings (SSSR count). The van der Waals surface area contributed by atoms with Crippen molar-refractivity contribution >= 4 is 22.9 Å². The number of nitrogens with two attached hydrogens (primary N) is 1. The summed E-state index contributed by atoms with van der Waals surface area (Å²) in [5, 5.41) is 2.66. The minimum absolute atomic E-state index is 0.153. The zero-order valence-electron chi connectivity index (χ0n) is 22.4. The average Bonchev–Trinajstić information content (AvgIpc) is 2.88. The number of alkyl halides is 3. The Morgan fingerprint density at radius 2 is 1.92 bits per heavy atom. The maximum absolute atomic E-state index is 13.0. The molecule has 1 amide bonds. The van der Waals surface area contributed by atoms with Crippen LogP contribution in [0.3, 0.4) is 0 Å². The van der Waals surface area contributed by atoms with E-state index in [0.717, 1.165) is 23.4 Å². The van der Waals surface area contributed by atoms with Crippen molar-refractivity contribution in [1.82, 2.24) is 9.88 Å². The Balaban J connectivity index is 1.90. The Morgan fingerprint density at radius 3 is 2.56 bits per heavy atom. The molecule has 1 fully saturated rings. The zero-order chi connectivity index (χ0) is 28.8. The lowest BCUT2D eigenvalue weighted by molar-refractivity contribution is -0.141. The first-order valence-electron chi connectivity index (χ1n) is 12.3. The number of pyridine rings is 1. The van der Waals surface area contributed by atoms with Crippen molar-refractivity contribution in [1.29, 1.82) is 0 Å². The number of amides is 1. The topological polar surface area (TPSA) is 92.8 Å². The highest BCUT2D eigenvalue weighted by atomic mass is 19.4. The molecule has 1 aromatic heterocycles. The molecule has 0 saturated carbocycles. The van der Waals surface area contributed by atoms with Crippen LogP contribution in [0.15, 0.2) is 60.0 Å². The summed E-state index contributed by atoms with van der Waals surface area (Å²) in [6.07, 6.45) is -1.85. The second-order valence-electron chi connectivity index (χ2n) is 9.71. The van der Waals surface area contributed by atoms with Crippen LogP contribution in [0.5, 0.6) is 0 Å². The first kappa shape index (κ1) is 29.6. The maximum atomic E-state index is 13.0. The molecule has 0 bridgehead atoms. The summed E-state index contributed by atoms with van der Waals surface area (Å²) < 4.78 is 44.5. The van der Waals surface area contributed by atoms with Crippen LogP contribution in [0, 0.1) is 18.8 Å². The number of hydrogen-bond acceptors (Lipinski definition) is 6. The fourth-order valence-corrected chi connectivity index (χ4v) is 3.65. The van der Waals surface area contributed by atoms with E-state index in [-0.39, 0.29) is 5.56 Å². The molecule has 0 radical (unpaired) electrons. The monoisotopic (exact) mass is 539 g/mol. The fraction of sp³-hybridized carbons (Fsp3) is 0.345. The number of allylic oxidation sites excluding steroid dienone is 2. The first-order valence-corrected chi connectivity index (χ1v) is 12.3. The van der Waals surface area contributed by atoms with Crippen molar-refractivity contribution in [2.24, 2.45) is 10.7 Å². The van der Waals surface area contributed by atoms with E-state index < -0.39 is 23.3 Å². The summed E-state index contributed by atoms with van der Waals surface area (Å²) in [7, 11) is 0. The highest BCUT2D eigenvalue weighted by Crippen LogP contribution is 2.29. The highest BCUT2D eigenvalue weighted by Gasteiger charge is 2.33. The van der Waals surface area contributed by atoms with Crippen molar-refractivity contribution in [2.45, 2.75) is 39.4 Å². The number of aromatic nitrogens is 1. The van der Waals surface area contributed by atoms with E-state index in [2.05, 4.69) is 33.6 Å². The lowest BCUT2D eigenvalue weighted by Gasteiger charge is -2.29. The summed E-state index contributed by atoms with van der Waals surface area (Å²) in [6, 6.07) is 7.15. The smallest absolute Gasteiger partial charge is 0.378 e. The van der Waals surface area contributed by atoms with Crippen molar-refractivity contribution in [2.75, 3.05) is 31.6 Å². The van der Waals surface area contributed by atoms with Gasteiger partial charge in [0.15, 0.2) is 0 Å². The largest absolute Gasteiger partial charge is 0.433 e. The molecule has 2 aromatic rings. The molecule has 0 atom stereocenters. The number of hydrogen-bond donors (Lipinski definition) is 2. The van der Waals surface area contributed by atoms with Gasteiger partial charge in [-0.2, -0.15) is 13.2 Å². The van der Waals surface area contributed by atoms with Crippen molar-refractivity contribution in [3.8, 4) is 11.8 Å².